The van der Waals surface area contributed by atoms with Crippen LogP contribution in [0.2, 0.25) is 0 Å². The van der Waals surface area contributed by atoms with E-state index in [1.165, 1.54) is 24.3 Å². The molecule has 0 radical (unpaired) electrons. The summed E-state index contributed by atoms with van der Waals surface area (Å²) in [5.41, 5.74) is 3.83. The molecule has 2 heterocycles. The molecule has 0 bridgehead atoms. The number of furan rings is 1. The number of hydrogen-bond acceptors (Lipinski definition) is 7. The molecule has 1 amide bonds. The van der Waals surface area contributed by atoms with Gasteiger partial charge in [0.15, 0.2) is 6.61 Å². The van der Waals surface area contributed by atoms with Gasteiger partial charge in [0.2, 0.25) is 10.0 Å². The number of hydrogen-bond donors (Lipinski definition) is 2. The molecule has 3 N–H and O–H groups in total. The number of rotatable bonds is 6. The highest BCUT2D eigenvalue weighted by Crippen LogP contribution is 2.37. The quantitative estimate of drug-likeness (QED) is 0.382. The number of ether oxygens (including phenoxy) is 1. The third kappa shape index (κ3) is 4.77. The number of fused-ring (bicyclic) bond motifs is 2. The Hall–Kier alpha value is -4.28. The summed E-state index contributed by atoms with van der Waals surface area (Å²) < 4.78 is 33.6. The summed E-state index contributed by atoms with van der Waals surface area (Å²) in [6, 6.07) is 16.3. The minimum atomic E-state index is -3.84. The van der Waals surface area contributed by atoms with Crippen LogP contribution in [0.3, 0.4) is 0 Å². The number of allylic oxidation sites excluding steroid dienone is 1. The van der Waals surface area contributed by atoms with Crippen molar-refractivity contribution in [3.8, 4) is 0 Å². The molecule has 1 aliphatic carbocycles. The third-order valence-corrected chi connectivity index (χ3v) is 6.74. The minimum absolute atomic E-state index is 0.0780. The molecule has 0 saturated carbocycles. The van der Waals surface area contributed by atoms with Crippen molar-refractivity contribution in [3.63, 3.8) is 0 Å². The second kappa shape index (κ2) is 9.40. The van der Waals surface area contributed by atoms with E-state index in [1.807, 2.05) is 30.3 Å². The zero-order valence-corrected chi connectivity index (χ0v) is 19.7. The monoisotopic (exact) mass is 503 g/mol. The summed E-state index contributed by atoms with van der Waals surface area (Å²) in [5.74, 6) is -0.491. The molecule has 0 aliphatic heterocycles. The lowest BCUT2D eigenvalue weighted by atomic mass is 10.0. The van der Waals surface area contributed by atoms with Crippen molar-refractivity contribution < 1.29 is 27.2 Å². The van der Waals surface area contributed by atoms with Gasteiger partial charge in [-0.05, 0) is 72.5 Å². The highest BCUT2D eigenvalue weighted by Gasteiger charge is 2.28. The van der Waals surface area contributed by atoms with Crippen molar-refractivity contribution in [2.45, 2.75) is 17.7 Å². The zero-order chi connectivity index (χ0) is 25.3. The Kier molecular flexibility index (Phi) is 6.13. The van der Waals surface area contributed by atoms with E-state index in [-0.39, 0.29) is 4.90 Å². The number of esters is 1. The van der Waals surface area contributed by atoms with Gasteiger partial charge in [-0.3, -0.25) is 4.79 Å². The van der Waals surface area contributed by atoms with Crippen LogP contribution >= 0.6 is 0 Å². The molecule has 36 heavy (non-hydrogen) atoms. The van der Waals surface area contributed by atoms with Crippen molar-refractivity contribution >= 4 is 50.1 Å². The molecule has 0 atom stereocenters. The van der Waals surface area contributed by atoms with Crippen LogP contribution in [0.15, 0.2) is 76.2 Å². The topological polar surface area (TPSA) is 142 Å². The largest absolute Gasteiger partial charge is 0.465 e. The smallest absolute Gasteiger partial charge is 0.339 e. The first-order valence-corrected chi connectivity index (χ1v) is 12.6. The number of carbonyl (C=O) groups excluding carboxylic acids is 2. The van der Waals surface area contributed by atoms with Crippen LogP contribution in [0.1, 0.15) is 33.8 Å². The Morgan fingerprint density at radius 1 is 1.06 bits per heavy atom. The van der Waals surface area contributed by atoms with Crippen LogP contribution < -0.4 is 10.5 Å². The molecule has 0 fully saturated rings. The highest BCUT2D eigenvalue weighted by atomic mass is 32.2. The molecule has 10 heteroatoms. The first kappa shape index (κ1) is 23.5. The molecule has 1 aliphatic rings. The van der Waals surface area contributed by atoms with E-state index in [9.17, 15) is 18.0 Å². The van der Waals surface area contributed by atoms with Gasteiger partial charge in [0.1, 0.15) is 5.76 Å². The normalized spacial score (nSPS) is 14.1. The van der Waals surface area contributed by atoms with Crippen molar-refractivity contribution in [2.24, 2.45) is 5.14 Å². The van der Waals surface area contributed by atoms with Crippen molar-refractivity contribution in [1.29, 1.82) is 0 Å². The number of carbonyl (C=O) groups is 2. The number of para-hydroxylation sites is 1. The molecular weight excluding hydrogens is 482 g/mol. The Morgan fingerprint density at radius 3 is 2.56 bits per heavy atom. The van der Waals surface area contributed by atoms with Gasteiger partial charge in [0.05, 0.1) is 27.9 Å². The summed E-state index contributed by atoms with van der Waals surface area (Å²) >= 11 is 0. The molecular formula is C26H21N3O6S. The van der Waals surface area contributed by atoms with E-state index in [0.29, 0.717) is 40.8 Å². The van der Waals surface area contributed by atoms with Crippen molar-refractivity contribution in [1.82, 2.24) is 4.98 Å². The van der Waals surface area contributed by atoms with Crippen molar-refractivity contribution in [3.05, 3.63) is 89.5 Å². The highest BCUT2D eigenvalue weighted by molar-refractivity contribution is 7.89. The Balaban J connectivity index is 1.37. The van der Waals surface area contributed by atoms with Crippen LogP contribution in [-0.2, 0) is 26.0 Å². The Labute approximate surface area is 206 Å². The van der Waals surface area contributed by atoms with Gasteiger partial charge in [-0.25, -0.2) is 23.3 Å². The fraction of sp³-hybridized carbons (Fsp3) is 0.115. The standard InChI is InChI=1S/C26H21N3O6S/c27-36(32,33)19-10-8-17(9-11-19)28-23(30)15-35-26(31)24-20-5-1-2-6-22(20)29-25-16(7-12-21(24)25)14-18-4-3-13-34-18/h1-6,8-11,13-14H,7,12,15H2,(H,28,30)(H2,27,32,33)/b16-14-. The van der Waals surface area contributed by atoms with Gasteiger partial charge in [0, 0.05) is 11.1 Å². The fourth-order valence-corrected chi connectivity index (χ4v) is 4.70. The lowest BCUT2D eigenvalue weighted by molar-refractivity contribution is -0.119. The number of primary sulfonamides is 1. The average Bonchev–Trinajstić information content (AvgIpc) is 3.51. The zero-order valence-electron chi connectivity index (χ0n) is 18.9. The third-order valence-electron chi connectivity index (χ3n) is 5.81. The van der Waals surface area contributed by atoms with Gasteiger partial charge < -0.3 is 14.5 Å². The summed E-state index contributed by atoms with van der Waals surface area (Å²) in [7, 11) is -3.84. The van der Waals surface area contributed by atoms with Crippen LogP contribution in [-0.4, -0.2) is 31.9 Å². The molecule has 0 saturated heterocycles. The second-order valence-corrected chi connectivity index (χ2v) is 9.77. The van der Waals surface area contributed by atoms with E-state index >= 15 is 0 Å². The molecule has 2 aromatic heterocycles. The second-order valence-electron chi connectivity index (χ2n) is 8.21. The summed E-state index contributed by atoms with van der Waals surface area (Å²) in [6.45, 7) is -0.518. The van der Waals surface area contributed by atoms with Gasteiger partial charge in [-0.1, -0.05) is 18.2 Å². The number of nitrogens with two attached hydrogens (primary N) is 1. The summed E-state index contributed by atoms with van der Waals surface area (Å²) in [4.78, 5) is 30.3. The van der Waals surface area contributed by atoms with Crippen molar-refractivity contribution in [2.75, 3.05) is 11.9 Å². The van der Waals surface area contributed by atoms with E-state index in [1.54, 1.807) is 18.4 Å². The van der Waals surface area contributed by atoms with Crippen LogP contribution in [0.5, 0.6) is 0 Å². The molecule has 0 spiro atoms. The van der Waals surface area contributed by atoms with E-state index in [2.05, 4.69) is 5.32 Å². The number of nitrogens with one attached hydrogen (secondary N) is 1. The summed E-state index contributed by atoms with van der Waals surface area (Å²) in [5, 5.41) is 8.30. The van der Waals surface area contributed by atoms with Crippen LogP contribution in [0, 0.1) is 0 Å². The van der Waals surface area contributed by atoms with Crippen LogP contribution in [0.4, 0.5) is 5.69 Å². The summed E-state index contributed by atoms with van der Waals surface area (Å²) in [6.07, 6.45) is 4.80. The number of nitrogens with zero attached hydrogens (tertiary/aromatic N) is 1. The maximum absolute atomic E-state index is 13.2. The predicted octanol–water partition coefficient (Wildman–Crippen LogP) is 3.76. The minimum Gasteiger partial charge on any atom is -0.465 e. The predicted molar refractivity (Wildman–Crippen MR) is 133 cm³/mol. The number of amides is 1. The van der Waals surface area contributed by atoms with E-state index in [0.717, 1.165) is 16.8 Å². The Morgan fingerprint density at radius 2 is 1.83 bits per heavy atom. The van der Waals surface area contributed by atoms with E-state index < -0.39 is 28.5 Å². The Bertz CT molecular complexity index is 1610. The first-order valence-electron chi connectivity index (χ1n) is 11.1. The van der Waals surface area contributed by atoms with Gasteiger partial charge >= 0.3 is 5.97 Å². The lowest BCUT2D eigenvalue weighted by Crippen LogP contribution is -2.22. The maximum Gasteiger partial charge on any atom is 0.339 e. The first-order chi connectivity index (χ1) is 17.3. The number of sulfonamides is 1. The SMILES string of the molecule is NS(=O)(=O)c1ccc(NC(=O)COC(=O)c2c3c(nc4ccccc24)/C(=C\c2ccco2)CC3)cc1. The molecule has 5 rings (SSSR count). The number of aromatic nitrogens is 1. The van der Waals surface area contributed by atoms with Gasteiger partial charge in [-0.2, -0.15) is 0 Å². The van der Waals surface area contributed by atoms with E-state index in [4.69, 9.17) is 19.3 Å². The fourth-order valence-electron chi connectivity index (χ4n) is 4.19. The molecule has 182 valence electrons. The molecule has 2 aromatic carbocycles. The average molecular weight is 504 g/mol. The number of benzene rings is 2. The maximum atomic E-state index is 13.2. The lowest BCUT2D eigenvalue weighted by Gasteiger charge is -2.12. The van der Waals surface area contributed by atoms with Gasteiger partial charge in [-0.15, -0.1) is 0 Å². The van der Waals surface area contributed by atoms with Crippen LogP contribution in [0.25, 0.3) is 22.6 Å². The number of anilines is 1. The molecule has 4 aromatic rings. The van der Waals surface area contributed by atoms with Gasteiger partial charge in [0.25, 0.3) is 5.91 Å². The molecule has 9 nitrogen and oxygen atoms in total. The number of pyridine rings is 1. The molecule has 0 unspecified atom stereocenters.